The summed E-state index contributed by atoms with van der Waals surface area (Å²) in [6, 6.07) is 9.66. The van der Waals surface area contributed by atoms with Crippen molar-refractivity contribution < 1.29 is 4.74 Å². The van der Waals surface area contributed by atoms with Gasteiger partial charge in [0.15, 0.2) is 0 Å². The van der Waals surface area contributed by atoms with Crippen LogP contribution in [0.15, 0.2) is 24.3 Å². The zero-order valence-corrected chi connectivity index (χ0v) is 10.1. The lowest BCUT2D eigenvalue weighted by Crippen LogP contribution is -2.45. The monoisotopic (exact) mass is 232 g/mol. The van der Waals surface area contributed by atoms with Gasteiger partial charge in [-0.2, -0.15) is 0 Å². The number of fused-ring (bicyclic) bond motifs is 1. The zero-order valence-electron chi connectivity index (χ0n) is 10.1. The van der Waals surface area contributed by atoms with Gasteiger partial charge < -0.3 is 10.5 Å². The molecular formula is C14H20N2O. The third kappa shape index (κ3) is 1.99. The van der Waals surface area contributed by atoms with Crippen LogP contribution in [0.4, 0.5) is 0 Å². The van der Waals surface area contributed by atoms with E-state index in [1.165, 1.54) is 11.1 Å². The van der Waals surface area contributed by atoms with Gasteiger partial charge in [-0.25, -0.2) is 0 Å². The van der Waals surface area contributed by atoms with Gasteiger partial charge in [-0.05, 0) is 24.0 Å². The van der Waals surface area contributed by atoms with E-state index < -0.39 is 0 Å². The summed E-state index contributed by atoms with van der Waals surface area (Å²) in [4.78, 5) is 2.55. The second-order valence-electron chi connectivity index (χ2n) is 4.96. The lowest BCUT2D eigenvalue weighted by Gasteiger charge is -2.40. The second kappa shape index (κ2) is 4.77. The Morgan fingerprint density at radius 2 is 2.24 bits per heavy atom. The van der Waals surface area contributed by atoms with Crippen molar-refractivity contribution in [2.45, 2.75) is 24.9 Å². The van der Waals surface area contributed by atoms with Gasteiger partial charge in [0.05, 0.1) is 6.61 Å². The lowest BCUT2D eigenvalue weighted by molar-refractivity contribution is 0.104. The molecule has 0 bridgehead atoms. The van der Waals surface area contributed by atoms with Gasteiger partial charge in [-0.15, -0.1) is 0 Å². The molecule has 1 aromatic carbocycles. The van der Waals surface area contributed by atoms with Crippen molar-refractivity contribution in [2.24, 2.45) is 5.73 Å². The van der Waals surface area contributed by atoms with E-state index >= 15 is 0 Å². The molecule has 2 aliphatic rings. The molecule has 2 N–H and O–H groups in total. The standard InChI is InChI=1S/C14H20N2O/c15-9-14-13-4-2-1-3-11(13)5-7-16(14)12-6-8-17-10-12/h1-4,12,14H,5-10,15H2. The second-order valence-corrected chi connectivity index (χ2v) is 4.96. The minimum Gasteiger partial charge on any atom is -0.380 e. The Kier molecular flexibility index (Phi) is 3.14. The summed E-state index contributed by atoms with van der Waals surface area (Å²) in [5.74, 6) is 0. The lowest BCUT2D eigenvalue weighted by atomic mass is 9.91. The quantitative estimate of drug-likeness (QED) is 0.836. The first-order chi connectivity index (χ1) is 8.40. The van der Waals surface area contributed by atoms with Crippen molar-refractivity contribution in [2.75, 3.05) is 26.3 Å². The van der Waals surface area contributed by atoms with Crippen LogP contribution in [0.2, 0.25) is 0 Å². The maximum atomic E-state index is 5.99. The fourth-order valence-corrected chi connectivity index (χ4v) is 3.15. The first-order valence-electron chi connectivity index (χ1n) is 6.51. The van der Waals surface area contributed by atoms with Gasteiger partial charge >= 0.3 is 0 Å². The Balaban J connectivity index is 1.88. The van der Waals surface area contributed by atoms with Crippen LogP contribution in [-0.4, -0.2) is 37.2 Å². The van der Waals surface area contributed by atoms with Crippen molar-refractivity contribution >= 4 is 0 Å². The van der Waals surface area contributed by atoms with E-state index in [2.05, 4.69) is 29.2 Å². The van der Waals surface area contributed by atoms with Crippen LogP contribution in [0.5, 0.6) is 0 Å². The highest BCUT2D eigenvalue weighted by atomic mass is 16.5. The highest BCUT2D eigenvalue weighted by Gasteiger charge is 2.32. The molecule has 92 valence electrons. The summed E-state index contributed by atoms with van der Waals surface area (Å²) in [5, 5.41) is 0. The average Bonchev–Trinajstić information content (AvgIpc) is 2.91. The smallest absolute Gasteiger partial charge is 0.0622 e. The van der Waals surface area contributed by atoms with Gasteiger partial charge in [-0.1, -0.05) is 24.3 Å². The first-order valence-corrected chi connectivity index (χ1v) is 6.51. The molecule has 0 aliphatic carbocycles. The van der Waals surface area contributed by atoms with Crippen LogP contribution in [-0.2, 0) is 11.2 Å². The molecule has 0 radical (unpaired) electrons. The minimum atomic E-state index is 0.381. The van der Waals surface area contributed by atoms with Crippen LogP contribution in [0.1, 0.15) is 23.6 Å². The number of nitrogens with zero attached hydrogens (tertiary/aromatic N) is 1. The maximum absolute atomic E-state index is 5.99. The fourth-order valence-electron chi connectivity index (χ4n) is 3.15. The highest BCUT2D eigenvalue weighted by molar-refractivity contribution is 5.33. The molecule has 1 saturated heterocycles. The number of hydrogen-bond acceptors (Lipinski definition) is 3. The van der Waals surface area contributed by atoms with Crippen LogP contribution in [0.25, 0.3) is 0 Å². The third-order valence-corrected chi connectivity index (χ3v) is 4.05. The highest BCUT2D eigenvalue weighted by Crippen LogP contribution is 2.32. The van der Waals surface area contributed by atoms with Crippen molar-refractivity contribution in [1.82, 2.24) is 4.90 Å². The summed E-state index contributed by atoms with van der Waals surface area (Å²) < 4.78 is 5.51. The van der Waals surface area contributed by atoms with Gasteiger partial charge in [0.2, 0.25) is 0 Å². The molecule has 0 aromatic heterocycles. The topological polar surface area (TPSA) is 38.5 Å². The molecule has 1 fully saturated rings. The van der Waals surface area contributed by atoms with E-state index in [1.807, 2.05) is 0 Å². The number of rotatable bonds is 2. The Hall–Kier alpha value is -0.900. The molecule has 1 aromatic rings. The zero-order chi connectivity index (χ0) is 11.7. The Morgan fingerprint density at radius 1 is 1.35 bits per heavy atom. The van der Waals surface area contributed by atoms with Crippen molar-refractivity contribution in [1.29, 1.82) is 0 Å². The maximum Gasteiger partial charge on any atom is 0.0622 e. The van der Waals surface area contributed by atoms with Crippen LogP contribution >= 0.6 is 0 Å². The number of nitrogens with two attached hydrogens (primary N) is 1. The first kappa shape index (κ1) is 11.2. The summed E-state index contributed by atoms with van der Waals surface area (Å²) in [5.41, 5.74) is 8.89. The van der Waals surface area contributed by atoms with Gasteiger partial charge in [0.25, 0.3) is 0 Å². The van der Waals surface area contributed by atoms with E-state index in [1.54, 1.807) is 0 Å². The van der Waals surface area contributed by atoms with E-state index in [0.29, 0.717) is 18.6 Å². The van der Waals surface area contributed by atoms with E-state index in [9.17, 15) is 0 Å². The molecule has 17 heavy (non-hydrogen) atoms. The molecular weight excluding hydrogens is 212 g/mol. The molecule has 3 rings (SSSR count). The molecule has 2 aliphatic heterocycles. The summed E-state index contributed by atoms with van der Waals surface area (Å²) in [6.45, 7) is 3.60. The molecule has 0 saturated carbocycles. The third-order valence-electron chi connectivity index (χ3n) is 4.05. The number of ether oxygens (including phenoxy) is 1. The summed E-state index contributed by atoms with van der Waals surface area (Å²) in [6.07, 6.45) is 2.29. The molecule has 2 atom stereocenters. The molecule has 0 spiro atoms. The Bertz CT molecular complexity index is 388. The van der Waals surface area contributed by atoms with Crippen LogP contribution in [0.3, 0.4) is 0 Å². The largest absolute Gasteiger partial charge is 0.380 e. The fraction of sp³-hybridized carbons (Fsp3) is 0.571. The van der Waals surface area contributed by atoms with Gasteiger partial charge in [0.1, 0.15) is 0 Å². The number of hydrogen-bond donors (Lipinski definition) is 1. The van der Waals surface area contributed by atoms with E-state index in [4.69, 9.17) is 10.5 Å². The minimum absolute atomic E-state index is 0.381. The van der Waals surface area contributed by atoms with Crippen molar-refractivity contribution in [3.8, 4) is 0 Å². The Labute approximate surface area is 103 Å². The average molecular weight is 232 g/mol. The predicted molar refractivity (Wildman–Crippen MR) is 67.9 cm³/mol. The van der Waals surface area contributed by atoms with Crippen LogP contribution in [0, 0.1) is 0 Å². The van der Waals surface area contributed by atoms with Gasteiger partial charge in [0, 0.05) is 31.8 Å². The summed E-state index contributed by atoms with van der Waals surface area (Å²) >= 11 is 0. The molecule has 3 heteroatoms. The number of benzene rings is 1. The normalized spacial score (nSPS) is 29.2. The Morgan fingerprint density at radius 3 is 3.00 bits per heavy atom. The molecule has 2 unspecified atom stereocenters. The van der Waals surface area contributed by atoms with E-state index in [-0.39, 0.29) is 0 Å². The van der Waals surface area contributed by atoms with Gasteiger partial charge in [-0.3, -0.25) is 4.90 Å². The van der Waals surface area contributed by atoms with Crippen LogP contribution < -0.4 is 5.73 Å². The SMILES string of the molecule is NCC1c2ccccc2CCN1C1CCOC1. The molecule has 0 amide bonds. The van der Waals surface area contributed by atoms with E-state index in [0.717, 1.165) is 32.6 Å². The van der Waals surface area contributed by atoms with Crippen molar-refractivity contribution in [3.05, 3.63) is 35.4 Å². The van der Waals surface area contributed by atoms with Crippen molar-refractivity contribution in [3.63, 3.8) is 0 Å². The summed E-state index contributed by atoms with van der Waals surface area (Å²) in [7, 11) is 0. The molecule has 3 nitrogen and oxygen atoms in total. The predicted octanol–water partition coefficient (Wildman–Crippen LogP) is 1.33. The molecule has 2 heterocycles.